The van der Waals surface area contributed by atoms with Gasteiger partial charge in [-0.2, -0.15) is 0 Å². The second kappa shape index (κ2) is 10.4. The van der Waals surface area contributed by atoms with Crippen molar-refractivity contribution in [2.75, 3.05) is 13.2 Å². The summed E-state index contributed by atoms with van der Waals surface area (Å²) in [7, 11) is 0. The summed E-state index contributed by atoms with van der Waals surface area (Å²) < 4.78 is 11.6. The van der Waals surface area contributed by atoms with Crippen molar-refractivity contribution < 1.29 is 9.47 Å². The monoisotopic (exact) mass is 322 g/mol. The quantitative estimate of drug-likeness (QED) is 0.505. The van der Waals surface area contributed by atoms with Gasteiger partial charge in [0.25, 0.3) is 0 Å². The molecule has 1 aromatic rings. The van der Waals surface area contributed by atoms with Crippen LogP contribution in [0.25, 0.3) is 0 Å². The number of hydrogen-bond acceptors (Lipinski definition) is 2. The summed E-state index contributed by atoms with van der Waals surface area (Å²) in [4.78, 5) is 0. The van der Waals surface area contributed by atoms with Crippen LogP contribution in [-0.4, -0.2) is 13.2 Å². The summed E-state index contributed by atoms with van der Waals surface area (Å²) in [6.07, 6.45) is 10.2. The zero-order valence-electron chi connectivity index (χ0n) is 14.0. The average molecular weight is 323 g/mol. The fourth-order valence-electron chi connectivity index (χ4n) is 2.39. The second-order valence-electron chi connectivity index (χ2n) is 5.41. The third kappa shape index (κ3) is 5.46. The molecule has 0 aliphatic heterocycles. The van der Waals surface area contributed by atoms with Gasteiger partial charge in [0, 0.05) is 12.5 Å². The van der Waals surface area contributed by atoms with E-state index in [1.165, 1.54) is 0 Å². The van der Waals surface area contributed by atoms with Crippen LogP contribution >= 0.6 is 11.6 Å². The fourth-order valence-corrected chi connectivity index (χ4v) is 2.61. The lowest BCUT2D eigenvalue weighted by Crippen LogP contribution is -2.06. The molecule has 22 heavy (non-hydrogen) atoms. The molecule has 2 nitrogen and oxygen atoms in total. The Morgan fingerprint density at radius 3 is 2.23 bits per heavy atom. The molecule has 0 heterocycles. The maximum absolute atomic E-state index is 6.38. The average Bonchev–Trinajstić information content (AvgIpc) is 2.52. The number of hydrogen-bond donors (Lipinski definition) is 0. The molecule has 0 saturated heterocycles. The van der Waals surface area contributed by atoms with E-state index in [9.17, 15) is 0 Å². The Hall–Kier alpha value is -1.33. The van der Waals surface area contributed by atoms with Crippen LogP contribution in [0.2, 0.25) is 5.02 Å². The minimum absolute atomic E-state index is 0.277. The standard InChI is InChI=1S/C19H27ClO2/c1-5-9-15(10-6-2)16-13-17(20)19(22-12-8-4)14-18(16)21-11-7-3/h1,13-15H,6-12H2,2-4H3. The smallest absolute Gasteiger partial charge is 0.141 e. The van der Waals surface area contributed by atoms with E-state index in [4.69, 9.17) is 27.5 Å². The summed E-state index contributed by atoms with van der Waals surface area (Å²) >= 11 is 6.38. The van der Waals surface area contributed by atoms with E-state index in [1.807, 2.05) is 12.1 Å². The van der Waals surface area contributed by atoms with Gasteiger partial charge in [-0.25, -0.2) is 0 Å². The number of rotatable bonds is 10. The Labute approximate surface area is 140 Å². The first-order valence-corrected chi connectivity index (χ1v) is 8.58. The van der Waals surface area contributed by atoms with Gasteiger partial charge in [0.15, 0.2) is 0 Å². The van der Waals surface area contributed by atoms with Crippen LogP contribution in [0.1, 0.15) is 64.4 Å². The zero-order valence-corrected chi connectivity index (χ0v) is 14.7. The minimum Gasteiger partial charge on any atom is -0.493 e. The van der Waals surface area contributed by atoms with E-state index in [-0.39, 0.29) is 5.92 Å². The maximum Gasteiger partial charge on any atom is 0.141 e. The van der Waals surface area contributed by atoms with Gasteiger partial charge in [-0.3, -0.25) is 0 Å². The molecular formula is C19H27ClO2. The Morgan fingerprint density at radius 2 is 1.68 bits per heavy atom. The van der Waals surface area contributed by atoms with Crippen LogP contribution in [-0.2, 0) is 0 Å². The molecule has 0 bridgehead atoms. The Kier molecular flexibility index (Phi) is 8.85. The third-order valence-corrected chi connectivity index (χ3v) is 3.72. The van der Waals surface area contributed by atoms with Crippen molar-refractivity contribution in [2.24, 2.45) is 0 Å². The van der Waals surface area contributed by atoms with Crippen molar-refractivity contribution in [3.05, 3.63) is 22.7 Å². The lowest BCUT2D eigenvalue weighted by atomic mass is 9.91. The van der Waals surface area contributed by atoms with Gasteiger partial charge >= 0.3 is 0 Å². The van der Waals surface area contributed by atoms with Crippen molar-refractivity contribution in [1.29, 1.82) is 0 Å². The summed E-state index contributed by atoms with van der Waals surface area (Å²) in [6, 6.07) is 3.89. The van der Waals surface area contributed by atoms with Gasteiger partial charge in [-0.1, -0.05) is 38.8 Å². The summed E-state index contributed by atoms with van der Waals surface area (Å²) in [6.45, 7) is 7.65. The zero-order chi connectivity index (χ0) is 16.4. The van der Waals surface area contributed by atoms with Crippen molar-refractivity contribution in [1.82, 2.24) is 0 Å². The molecule has 0 saturated carbocycles. The van der Waals surface area contributed by atoms with E-state index < -0.39 is 0 Å². The summed E-state index contributed by atoms with van der Waals surface area (Å²) in [5, 5.41) is 0.630. The van der Waals surface area contributed by atoms with E-state index in [1.54, 1.807) is 0 Å². The van der Waals surface area contributed by atoms with Gasteiger partial charge < -0.3 is 9.47 Å². The predicted molar refractivity (Wildman–Crippen MR) is 94.1 cm³/mol. The first kappa shape index (κ1) is 18.7. The second-order valence-corrected chi connectivity index (χ2v) is 5.82. The predicted octanol–water partition coefficient (Wildman–Crippen LogP) is 5.82. The van der Waals surface area contributed by atoms with Crippen LogP contribution in [0.5, 0.6) is 11.5 Å². The first-order chi connectivity index (χ1) is 10.7. The minimum atomic E-state index is 0.277. The SMILES string of the molecule is C#CCC(CCC)c1cc(Cl)c(OCCC)cc1OCCC. The lowest BCUT2D eigenvalue weighted by Gasteiger charge is -2.20. The molecule has 0 spiro atoms. The summed E-state index contributed by atoms with van der Waals surface area (Å²) in [5.41, 5.74) is 1.10. The molecule has 0 N–H and O–H groups in total. The molecule has 0 aliphatic rings. The molecule has 0 amide bonds. The highest BCUT2D eigenvalue weighted by atomic mass is 35.5. The first-order valence-electron chi connectivity index (χ1n) is 8.20. The largest absolute Gasteiger partial charge is 0.493 e. The highest BCUT2D eigenvalue weighted by Gasteiger charge is 2.18. The van der Waals surface area contributed by atoms with Crippen molar-refractivity contribution in [3.63, 3.8) is 0 Å². The number of halogens is 1. The summed E-state index contributed by atoms with van der Waals surface area (Å²) in [5.74, 6) is 4.59. The maximum atomic E-state index is 6.38. The third-order valence-electron chi connectivity index (χ3n) is 3.43. The molecule has 0 fully saturated rings. The molecule has 1 atom stereocenters. The molecule has 1 aromatic carbocycles. The van der Waals surface area contributed by atoms with Crippen molar-refractivity contribution in [2.45, 2.75) is 58.8 Å². The molecule has 1 rings (SSSR count). The van der Waals surface area contributed by atoms with Gasteiger partial charge in [0.05, 0.1) is 18.2 Å². The van der Waals surface area contributed by atoms with Gasteiger partial charge in [0.2, 0.25) is 0 Å². The molecule has 0 aliphatic carbocycles. The number of benzene rings is 1. The normalized spacial score (nSPS) is 11.8. The highest BCUT2D eigenvalue weighted by molar-refractivity contribution is 6.32. The Morgan fingerprint density at radius 1 is 1.05 bits per heavy atom. The molecule has 0 aromatic heterocycles. The highest BCUT2D eigenvalue weighted by Crippen LogP contribution is 2.39. The Balaban J connectivity index is 3.16. The van der Waals surface area contributed by atoms with E-state index >= 15 is 0 Å². The molecule has 1 unspecified atom stereocenters. The number of ether oxygens (including phenoxy) is 2. The van der Waals surface area contributed by atoms with Gasteiger partial charge in [-0.05, 0) is 36.8 Å². The van der Waals surface area contributed by atoms with Crippen molar-refractivity contribution >= 4 is 11.6 Å². The van der Waals surface area contributed by atoms with Crippen LogP contribution in [0.15, 0.2) is 12.1 Å². The Bertz CT molecular complexity index is 491. The molecular weight excluding hydrogens is 296 g/mol. The molecule has 3 heteroatoms. The van der Waals surface area contributed by atoms with Crippen LogP contribution < -0.4 is 9.47 Å². The number of terminal acetylenes is 1. The van der Waals surface area contributed by atoms with E-state index in [2.05, 4.69) is 26.7 Å². The van der Waals surface area contributed by atoms with Crippen LogP contribution in [0.3, 0.4) is 0 Å². The van der Waals surface area contributed by atoms with Crippen LogP contribution in [0, 0.1) is 12.3 Å². The van der Waals surface area contributed by atoms with E-state index in [0.717, 1.165) is 37.0 Å². The van der Waals surface area contributed by atoms with Gasteiger partial charge in [-0.15, -0.1) is 12.3 Å². The van der Waals surface area contributed by atoms with Gasteiger partial charge in [0.1, 0.15) is 11.5 Å². The van der Waals surface area contributed by atoms with Crippen LogP contribution in [0.4, 0.5) is 0 Å². The van der Waals surface area contributed by atoms with E-state index in [0.29, 0.717) is 30.4 Å². The topological polar surface area (TPSA) is 18.5 Å². The lowest BCUT2D eigenvalue weighted by molar-refractivity contribution is 0.298. The fraction of sp³-hybridized carbons (Fsp3) is 0.579. The van der Waals surface area contributed by atoms with Crippen molar-refractivity contribution in [3.8, 4) is 23.8 Å². The molecule has 122 valence electrons. The molecule has 0 radical (unpaired) electrons.